The third-order valence-corrected chi connectivity index (χ3v) is 3.68. The molecule has 1 saturated heterocycles. The van der Waals surface area contributed by atoms with Gasteiger partial charge in [0.2, 0.25) is 0 Å². The van der Waals surface area contributed by atoms with E-state index in [0.717, 1.165) is 24.5 Å². The zero-order valence-electron chi connectivity index (χ0n) is 13.1. The number of hydrogen-bond acceptors (Lipinski definition) is 6. The van der Waals surface area contributed by atoms with Crippen LogP contribution in [-0.4, -0.2) is 49.1 Å². The molecule has 2 heterocycles. The molecule has 1 aromatic carbocycles. The van der Waals surface area contributed by atoms with E-state index in [1.165, 1.54) is 0 Å². The molecule has 3 rings (SSSR count). The first kappa shape index (κ1) is 15.4. The maximum atomic E-state index is 12.1. The molecule has 0 atom stereocenters. The standard InChI is InChI=1S/C17H19N3O3/c1-2-23-17(21)14-6-4-3-5-13(14)15-7-8-16(19-18-15)20-9-11-22-12-10-20/h3-8H,2,9-12H2,1H3. The highest BCUT2D eigenvalue weighted by atomic mass is 16.5. The molecule has 2 aromatic rings. The van der Waals surface area contributed by atoms with Crippen molar-refractivity contribution in [3.8, 4) is 11.3 Å². The second-order valence-electron chi connectivity index (χ2n) is 5.14. The Morgan fingerprint density at radius 2 is 1.96 bits per heavy atom. The summed E-state index contributed by atoms with van der Waals surface area (Å²) in [5, 5.41) is 8.58. The van der Waals surface area contributed by atoms with Gasteiger partial charge in [0.15, 0.2) is 5.82 Å². The van der Waals surface area contributed by atoms with Gasteiger partial charge in [0.1, 0.15) is 0 Å². The highest BCUT2D eigenvalue weighted by Gasteiger charge is 2.16. The summed E-state index contributed by atoms with van der Waals surface area (Å²) in [6.45, 7) is 5.16. The average molecular weight is 313 g/mol. The summed E-state index contributed by atoms with van der Waals surface area (Å²) in [7, 11) is 0. The van der Waals surface area contributed by atoms with Crippen LogP contribution in [0, 0.1) is 0 Å². The molecule has 0 saturated carbocycles. The second kappa shape index (κ2) is 7.19. The van der Waals surface area contributed by atoms with Crippen molar-refractivity contribution in [1.82, 2.24) is 10.2 Å². The number of benzene rings is 1. The molecule has 6 nitrogen and oxygen atoms in total. The smallest absolute Gasteiger partial charge is 0.338 e. The first-order chi connectivity index (χ1) is 11.3. The lowest BCUT2D eigenvalue weighted by Gasteiger charge is -2.27. The number of carbonyl (C=O) groups excluding carboxylic acids is 1. The van der Waals surface area contributed by atoms with E-state index in [9.17, 15) is 4.79 Å². The minimum absolute atomic E-state index is 0.342. The van der Waals surface area contributed by atoms with Gasteiger partial charge in [-0.3, -0.25) is 0 Å². The lowest BCUT2D eigenvalue weighted by atomic mass is 10.0. The Hall–Kier alpha value is -2.47. The van der Waals surface area contributed by atoms with Crippen LogP contribution in [0.25, 0.3) is 11.3 Å². The van der Waals surface area contributed by atoms with Crippen molar-refractivity contribution < 1.29 is 14.3 Å². The van der Waals surface area contributed by atoms with Crippen molar-refractivity contribution in [2.24, 2.45) is 0 Å². The van der Waals surface area contributed by atoms with Gasteiger partial charge in [-0.1, -0.05) is 18.2 Å². The van der Waals surface area contributed by atoms with Gasteiger partial charge in [0, 0.05) is 18.7 Å². The molecule has 1 aromatic heterocycles. The Kier molecular flexibility index (Phi) is 4.83. The van der Waals surface area contributed by atoms with Crippen molar-refractivity contribution in [2.75, 3.05) is 37.8 Å². The van der Waals surface area contributed by atoms with Crippen LogP contribution in [0.4, 0.5) is 5.82 Å². The van der Waals surface area contributed by atoms with Crippen LogP contribution in [0.1, 0.15) is 17.3 Å². The minimum Gasteiger partial charge on any atom is -0.462 e. The second-order valence-corrected chi connectivity index (χ2v) is 5.14. The Balaban J connectivity index is 1.86. The van der Waals surface area contributed by atoms with Crippen LogP contribution in [-0.2, 0) is 9.47 Å². The van der Waals surface area contributed by atoms with Crippen LogP contribution in [0.5, 0.6) is 0 Å². The van der Waals surface area contributed by atoms with Crippen molar-refractivity contribution in [2.45, 2.75) is 6.92 Å². The van der Waals surface area contributed by atoms with Crippen molar-refractivity contribution in [3.05, 3.63) is 42.0 Å². The van der Waals surface area contributed by atoms with E-state index >= 15 is 0 Å². The highest BCUT2D eigenvalue weighted by Crippen LogP contribution is 2.23. The van der Waals surface area contributed by atoms with Gasteiger partial charge in [0.05, 0.1) is 31.1 Å². The Bertz CT molecular complexity index is 667. The van der Waals surface area contributed by atoms with Crippen LogP contribution in [0.15, 0.2) is 36.4 Å². The Morgan fingerprint density at radius 3 is 2.65 bits per heavy atom. The van der Waals surface area contributed by atoms with Crippen LogP contribution in [0.3, 0.4) is 0 Å². The number of morpholine rings is 1. The van der Waals surface area contributed by atoms with Gasteiger partial charge in [0.25, 0.3) is 0 Å². The normalized spacial score (nSPS) is 14.6. The quantitative estimate of drug-likeness (QED) is 0.806. The summed E-state index contributed by atoms with van der Waals surface area (Å²) in [5.74, 6) is 0.479. The van der Waals surface area contributed by atoms with Crippen molar-refractivity contribution in [3.63, 3.8) is 0 Å². The number of nitrogens with zero attached hydrogens (tertiary/aromatic N) is 3. The van der Waals surface area contributed by atoms with Crippen LogP contribution < -0.4 is 4.90 Å². The molecule has 0 amide bonds. The first-order valence-corrected chi connectivity index (χ1v) is 7.72. The fourth-order valence-electron chi connectivity index (χ4n) is 2.52. The SMILES string of the molecule is CCOC(=O)c1ccccc1-c1ccc(N2CCOCC2)nn1. The number of carbonyl (C=O) groups is 1. The molecule has 6 heteroatoms. The molecule has 1 fully saturated rings. The summed E-state index contributed by atoms with van der Waals surface area (Å²) in [4.78, 5) is 14.2. The maximum Gasteiger partial charge on any atom is 0.338 e. The summed E-state index contributed by atoms with van der Waals surface area (Å²) >= 11 is 0. The van der Waals surface area contributed by atoms with E-state index in [0.29, 0.717) is 31.1 Å². The molecular weight excluding hydrogens is 294 g/mol. The van der Waals surface area contributed by atoms with Crippen molar-refractivity contribution >= 4 is 11.8 Å². The van der Waals surface area contributed by atoms with Crippen LogP contribution in [0.2, 0.25) is 0 Å². The molecular formula is C17H19N3O3. The highest BCUT2D eigenvalue weighted by molar-refractivity contribution is 5.96. The first-order valence-electron chi connectivity index (χ1n) is 7.72. The summed E-state index contributed by atoms with van der Waals surface area (Å²) in [5.41, 5.74) is 1.89. The van der Waals surface area contributed by atoms with Gasteiger partial charge in [-0.25, -0.2) is 4.79 Å². The fraction of sp³-hybridized carbons (Fsp3) is 0.353. The summed E-state index contributed by atoms with van der Waals surface area (Å²) in [6.07, 6.45) is 0. The number of rotatable bonds is 4. The number of anilines is 1. The van der Waals surface area contributed by atoms with E-state index in [-0.39, 0.29) is 5.97 Å². The zero-order valence-corrected chi connectivity index (χ0v) is 13.1. The third-order valence-electron chi connectivity index (χ3n) is 3.68. The summed E-state index contributed by atoms with van der Waals surface area (Å²) < 4.78 is 10.4. The molecule has 0 radical (unpaired) electrons. The van der Waals surface area contributed by atoms with Gasteiger partial charge < -0.3 is 14.4 Å². The third kappa shape index (κ3) is 3.48. The number of hydrogen-bond donors (Lipinski definition) is 0. The number of aromatic nitrogens is 2. The zero-order chi connectivity index (χ0) is 16.1. The number of ether oxygens (including phenoxy) is 2. The molecule has 1 aliphatic rings. The van der Waals surface area contributed by atoms with Gasteiger partial charge in [-0.2, -0.15) is 0 Å². The van der Waals surface area contributed by atoms with E-state index in [2.05, 4.69) is 15.1 Å². The molecule has 23 heavy (non-hydrogen) atoms. The minimum atomic E-state index is -0.345. The monoisotopic (exact) mass is 313 g/mol. The topological polar surface area (TPSA) is 64.5 Å². The van der Waals surface area contributed by atoms with Crippen LogP contribution >= 0.6 is 0 Å². The average Bonchev–Trinajstić information content (AvgIpc) is 2.63. The molecule has 0 aliphatic carbocycles. The van der Waals surface area contributed by atoms with Crippen molar-refractivity contribution in [1.29, 1.82) is 0 Å². The molecule has 0 bridgehead atoms. The maximum absolute atomic E-state index is 12.1. The predicted octanol–water partition coefficient (Wildman–Crippen LogP) is 2.16. The Labute approximate surface area is 135 Å². The number of esters is 1. The molecule has 1 aliphatic heterocycles. The van der Waals surface area contributed by atoms with E-state index in [1.54, 1.807) is 13.0 Å². The largest absolute Gasteiger partial charge is 0.462 e. The van der Waals surface area contributed by atoms with Gasteiger partial charge >= 0.3 is 5.97 Å². The van der Waals surface area contributed by atoms with E-state index in [1.807, 2.05) is 30.3 Å². The molecule has 0 unspecified atom stereocenters. The van der Waals surface area contributed by atoms with E-state index in [4.69, 9.17) is 9.47 Å². The molecule has 0 N–H and O–H groups in total. The van der Waals surface area contributed by atoms with Gasteiger partial charge in [-0.15, -0.1) is 10.2 Å². The lowest BCUT2D eigenvalue weighted by Crippen LogP contribution is -2.36. The fourth-order valence-corrected chi connectivity index (χ4v) is 2.52. The van der Waals surface area contributed by atoms with E-state index < -0.39 is 0 Å². The predicted molar refractivity (Wildman–Crippen MR) is 86.5 cm³/mol. The summed E-state index contributed by atoms with van der Waals surface area (Å²) in [6, 6.07) is 11.1. The lowest BCUT2D eigenvalue weighted by molar-refractivity contribution is 0.0527. The molecule has 120 valence electrons. The molecule has 0 spiro atoms. The Morgan fingerprint density at radius 1 is 1.17 bits per heavy atom. The van der Waals surface area contributed by atoms with Gasteiger partial charge in [-0.05, 0) is 25.1 Å².